The molecule has 3 heteroatoms. The SMILES string of the molecule is CC(C)C1CCOCC12CCN(C(C)C)C2=O. The first-order valence-electron chi connectivity index (χ1n) is 6.88. The first-order valence-corrected chi connectivity index (χ1v) is 6.88. The van der Waals surface area contributed by atoms with Crippen LogP contribution in [0.2, 0.25) is 0 Å². The van der Waals surface area contributed by atoms with E-state index in [0.29, 0.717) is 30.4 Å². The van der Waals surface area contributed by atoms with Gasteiger partial charge in [0.25, 0.3) is 0 Å². The zero-order valence-corrected chi connectivity index (χ0v) is 11.5. The predicted molar refractivity (Wildman–Crippen MR) is 67.7 cm³/mol. The highest BCUT2D eigenvalue weighted by Gasteiger charge is 2.54. The molecule has 1 amide bonds. The maximum atomic E-state index is 12.7. The van der Waals surface area contributed by atoms with Gasteiger partial charge in [0.2, 0.25) is 5.91 Å². The van der Waals surface area contributed by atoms with Crippen LogP contribution >= 0.6 is 0 Å². The van der Waals surface area contributed by atoms with E-state index < -0.39 is 0 Å². The Hall–Kier alpha value is -0.570. The number of hydrogen-bond donors (Lipinski definition) is 0. The number of amides is 1. The average molecular weight is 239 g/mol. The summed E-state index contributed by atoms with van der Waals surface area (Å²) in [7, 11) is 0. The maximum absolute atomic E-state index is 12.7. The molecule has 1 spiro atoms. The topological polar surface area (TPSA) is 29.5 Å². The molecule has 2 rings (SSSR count). The van der Waals surface area contributed by atoms with Crippen molar-refractivity contribution in [1.82, 2.24) is 4.90 Å². The van der Waals surface area contributed by atoms with E-state index in [1.165, 1.54) is 0 Å². The van der Waals surface area contributed by atoms with Gasteiger partial charge in [-0.1, -0.05) is 13.8 Å². The Morgan fingerprint density at radius 1 is 1.35 bits per heavy atom. The molecule has 2 aliphatic rings. The summed E-state index contributed by atoms with van der Waals surface area (Å²) in [6.45, 7) is 11.0. The van der Waals surface area contributed by atoms with Crippen LogP contribution in [0.1, 0.15) is 40.5 Å². The summed E-state index contributed by atoms with van der Waals surface area (Å²) in [6, 6.07) is 0.316. The third-order valence-corrected chi connectivity index (χ3v) is 4.56. The third kappa shape index (κ3) is 1.99. The van der Waals surface area contributed by atoms with Crippen LogP contribution in [0.4, 0.5) is 0 Å². The molecule has 0 radical (unpaired) electrons. The van der Waals surface area contributed by atoms with Gasteiger partial charge >= 0.3 is 0 Å². The van der Waals surface area contributed by atoms with Crippen molar-refractivity contribution in [3.63, 3.8) is 0 Å². The number of carbonyl (C=O) groups excluding carboxylic acids is 1. The summed E-state index contributed by atoms with van der Waals surface area (Å²) >= 11 is 0. The van der Waals surface area contributed by atoms with Crippen LogP contribution < -0.4 is 0 Å². The van der Waals surface area contributed by atoms with E-state index in [1.54, 1.807) is 0 Å². The number of ether oxygens (including phenoxy) is 1. The summed E-state index contributed by atoms with van der Waals surface area (Å²) in [5.74, 6) is 1.40. The lowest BCUT2D eigenvalue weighted by Gasteiger charge is -2.42. The Kier molecular flexibility index (Phi) is 3.48. The number of rotatable bonds is 2. The summed E-state index contributed by atoms with van der Waals surface area (Å²) < 4.78 is 5.64. The molecule has 2 fully saturated rings. The van der Waals surface area contributed by atoms with Gasteiger partial charge < -0.3 is 9.64 Å². The van der Waals surface area contributed by atoms with E-state index >= 15 is 0 Å². The Labute approximate surface area is 105 Å². The Bertz CT molecular complexity index is 301. The quantitative estimate of drug-likeness (QED) is 0.740. The average Bonchev–Trinajstić information content (AvgIpc) is 2.58. The standard InChI is InChI=1S/C14H25NO2/c1-10(2)12-5-8-17-9-14(12)6-7-15(11(3)4)13(14)16/h10-12H,5-9H2,1-4H3. The summed E-state index contributed by atoms with van der Waals surface area (Å²) in [5, 5.41) is 0. The fourth-order valence-electron chi connectivity index (χ4n) is 3.60. The zero-order chi connectivity index (χ0) is 12.6. The molecular formula is C14H25NO2. The normalized spacial score (nSPS) is 34.4. The fourth-order valence-corrected chi connectivity index (χ4v) is 3.60. The van der Waals surface area contributed by atoms with Crippen molar-refractivity contribution in [2.45, 2.75) is 46.6 Å². The molecular weight excluding hydrogens is 214 g/mol. The molecule has 0 aromatic carbocycles. The molecule has 3 nitrogen and oxygen atoms in total. The monoisotopic (exact) mass is 239 g/mol. The molecule has 17 heavy (non-hydrogen) atoms. The molecule has 0 aromatic rings. The molecule has 2 heterocycles. The van der Waals surface area contributed by atoms with Gasteiger partial charge in [0.15, 0.2) is 0 Å². The first-order chi connectivity index (χ1) is 7.99. The smallest absolute Gasteiger partial charge is 0.231 e. The maximum Gasteiger partial charge on any atom is 0.231 e. The van der Waals surface area contributed by atoms with Crippen LogP contribution in [-0.4, -0.2) is 36.6 Å². The summed E-state index contributed by atoms with van der Waals surface area (Å²) in [4.78, 5) is 14.7. The van der Waals surface area contributed by atoms with E-state index in [0.717, 1.165) is 26.0 Å². The van der Waals surface area contributed by atoms with Gasteiger partial charge in [-0.2, -0.15) is 0 Å². The van der Waals surface area contributed by atoms with E-state index in [2.05, 4.69) is 27.7 Å². The van der Waals surface area contributed by atoms with Crippen molar-refractivity contribution < 1.29 is 9.53 Å². The second-order valence-electron chi connectivity index (χ2n) is 6.19. The van der Waals surface area contributed by atoms with E-state index in [1.807, 2.05) is 4.90 Å². The Morgan fingerprint density at radius 3 is 2.59 bits per heavy atom. The lowest BCUT2D eigenvalue weighted by molar-refractivity contribution is -0.151. The third-order valence-electron chi connectivity index (χ3n) is 4.56. The van der Waals surface area contributed by atoms with Gasteiger partial charge in [0.1, 0.15) is 0 Å². The van der Waals surface area contributed by atoms with E-state index in [-0.39, 0.29) is 5.41 Å². The van der Waals surface area contributed by atoms with Gasteiger partial charge in [-0.05, 0) is 38.5 Å². The first kappa shape index (κ1) is 12.9. The van der Waals surface area contributed by atoms with Crippen molar-refractivity contribution in [2.75, 3.05) is 19.8 Å². The highest BCUT2D eigenvalue weighted by atomic mass is 16.5. The molecule has 0 bridgehead atoms. The fraction of sp³-hybridized carbons (Fsp3) is 0.929. The minimum atomic E-state index is -0.212. The second kappa shape index (κ2) is 4.60. The molecule has 2 unspecified atom stereocenters. The highest BCUT2D eigenvalue weighted by Crippen LogP contribution is 2.47. The molecule has 0 aliphatic carbocycles. The molecule has 0 aromatic heterocycles. The van der Waals surface area contributed by atoms with Gasteiger partial charge in [-0.25, -0.2) is 0 Å². The second-order valence-corrected chi connectivity index (χ2v) is 6.19. The number of nitrogens with zero attached hydrogens (tertiary/aromatic N) is 1. The molecule has 2 aliphatic heterocycles. The van der Waals surface area contributed by atoms with Crippen molar-refractivity contribution in [2.24, 2.45) is 17.3 Å². The number of hydrogen-bond acceptors (Lipinski definition) is 2. The molecule has 98 valence electrons. The van der Waals surface area contributed by atoms with Crippen LogP contribution in [0, 0.1) is 17.3 Å². The minimum Gasteiger partial charge on any atom is -0.380 e. The zero-order valence-electron chi connectivity index (χ0n) is 11.5. The van der Waals surface area contributed by atoms with Crippen LogP contribution in [0.3, 0.4) is 0 Å². The van der Waals surface area contributed by atoms with Crippen molar-refractivity contribution in [1.29, 1.82) is 0 Å². The van der Waals surface area contributed by atoms with E-state index in [9.17, 15) is 4.79 Å². The highest BCUT2D eigenvalue weighted by molar-refractivity contribution is 5.85. The lowest BCUT2D eigenvalue weighted by Crippen LogP contribution is -2.49. The van der Waals surface area contributed by atoms with Crippen LogP contribution in [0.15, 0.2) is 0 Å². The summed E-state index contributed by atoms with van der Waals surface area (Å²) in [6.07, 6.45) is 2.02. The van der Waals surface area contributed by atoms with Gasteiger partial charge in [-0.15, -0.1) is 0 Å². The van der Waals surface area contributed by atoms with Gasteiger partial charge in [0, 0.05) is 19.2 Å². The summed E-state index contributed by atoms with van der Waals surface area (Å²) in [5.41, 5.74) is -0.212. The Morgan fingerprint density at radius 2 is 2.06 bits per heavy atom. The van der Waals surface area contributed by atoms with Crippen LogP contribution in [0.5, 0.6) is 0 Å². The largest absolute Gasteiger partial charge is 0.380 e. The lowest BCUT2D eigenvalue weighted by atomic mass is 9.67. The number of likely N-dealkylation sites (tertiary alicyclic amines) is 1. The predicted octanol–water partition coefficient (Wildman–Crippen LogP) is 2.31. The molecule has 0 N–H and O–H groups in total. The van der Waals surface area contributed by atoms with Crippen molar-refractivity contribution in [3.05, 3.63) is 0 Å². The van der Waals surface area contributed by atoms with Crippen molar-refractivity contribution in [3.8, 4) is 0 Å². The number of carbonyl (C=O) groups is 1. The Balaban J connectivity index is 2.25. The van der Waals surface area contributed by atoms with Gasteiger partial charge in [-0.3, -0.25) is 4.79 Å². The molecule has 2 saturated heterocycles. The van der Waals surface area contributed by atoms with Crippen molar-refractivity contribution >= 4 is 5.91 Å². The van der Waals surface area contributed by atoms with Gasteiger partial charge in [0.05, 0.1) is 12.0 Å². The van der Waals surface area contributed by atoms with E-state index in [4.69, 9.17) is 4.74 Å². The molecule has 0 saturated carbocycles. The molecule has 2 atom stereocenters. The minimum absolute atomic E-state index is 0.212. The van der Waals surface area contributed by atoms with Crippen LogP contribution in [-0.2, 0) is 9.53 Å². The van der Waals surface area contributed by atoms with Crippen LogP contribution in [0.25, 0.3) is 0 Å².